The van der Waals surface area contributed by atoms with Crippen LogP contribution in [0.4, 0.5) is 0 Å². The normalized spacial score (nSPS) is 11.0. The fraction of sp³-hybridized carbons (Fsp3) is 0.321. The molecule has 4 rings (SSSR count). The minimum atomic E-state index is 0.0324. The van der Waals surface area contributed by atoms with E-state index >= 15 is 0 Å². The molecule has 4 aromatic rings. The van der Waals surface area contributed by atoms with Gasteiger partial charge in [-0.3, -0.25) is 4.79 Å². The van der Waals surface area contributed by atoms with Crippen molar-refractivity contribution in [3.8, 4) is 22.8 Å². The van der Waals surface area contributed by atoms with Gasteiger partial charge >= 0.3 is 0 Å². The Labute approximate surface area is 206 Å². The highest BCUT2D eigenvalue weighted by Crippen LogP contribution is 2.30. The molecule has 1 N–H and O–H groups in total. The molecule has 35 heavy (non-hydrogen) atoms. The number of hydrogen-bond acceptors (Lipinski definition) is 5. The molecule has 1 amide bonds. The molecule has 7 heteroatoms. The van der Waals surface area contributed by atoms with E-state index in [2.05, 4.69) is 5.32 Å². The molecule has 0 aliphatic carbocycles. The molecule has 0 aliphatic rings. The van der Waals surface area contributed by atoms with Gasteiger partial charge in [-0.25, -0.2) is 9.50 Å². The van der Waals surface area contributed by atoms with Crippen LogP contribution in [0.3, 0.4) is 0 Å². The lowest BCUT2D eigenvalue weighted by atomic mass is 10.1. The number of rotatable bonds is 10. The molecule has 0 saturated heterocycles. The van der Waals surface area contributed by atoms with Gasteiger partial charge in [0, 0.05) is 36.0 Å². The van der Waals surface area contributed by atoms with Crippen LogP contribution in [0.1, 0.15) is 35.9 Å². The van der Waals surface area contributed by atoms with E-state index in [1.807, 2.05) is 79.9 Å². The van der Waals surface area contributed by atoms with E-state index in [0.717, 1.165) is 51.8 Å². The number of methoxy groups -OCH3 is 1. The van der Waals surface area contributed by atoms with Gasteiger partial charge in [0.15, 0.2) is 5.65 Å². The number of carbonyl (C=O) groups is 1. The summed E-state index contributed by atoms with van der Waals surface area (Å²) < 4.78 is 12.8. The number of amides is 1. The summed E-state index contributed by atoms with van der Waals surface area (Å²) >= 11 is 0. The Morgan fingerprint density at radius 2 is 1.83 bits per heavy atom. The number of benzene rings is 2. The van der Waals surface area contributed by atoms with E-state index in [-0.39, 0.29) is 5.91 Å². The summed E-state index contributed by atoms with van der Waals surface area (Å²) in [4.78, 5) is 17.3. The maximum Gasteiger partial charge on any atom is 0.220 e. The highest BCUT2D eigenvalue weighted by molar-refractivity contribution is 5.76. The van der Waals surface area contributed by atoms with Crippen LogP contribution >= 0.6 is 0 Å². The first-order valence-electron chi connectivity index (χ1n) is 12.0. The van der Waals surface area contributed by atoms with E-state index in [4.69, 9.17) is 19.6 Å². The number of aromatic nitrogens is 3. The Bertz CT molecular complexity index is 1310. The number of aryl methyl sites for hydroxylation is 2. The van der Waals surface area contributed by atoms with Gasteiger partial charge in [0.2, 0.25) is 5.91 Å². The van der Waals surface area contributed by atoms with Crippen molar-refractivity contribution in [2.24, 2.45) is 0 Å². The first-order valence-corrected chi connectivity index (χ1v) is 12.0. The summed E-state index contributed by atoms with van der Waals surface area (Å²) in [6.45, 7) is 7.24. The fourth-order valence-corrected chi connectivity index (χ4v) is 4.27. The van der Waals surface area contributed by atoms with Crippen molar-refractivity contribution in [3.63, 3.8) is 0 Å². The van der Waals surface area contributed by atoms with Crippen LogP contribution in [0.2, 0.25) is 0 Å². The highest BCUT2D eigenvalue weighted by atomic mass is 16.5. The zero-order chi connectivity index (χ0) is 24.8. The topological polar surface area (TPSA) is 77.8 Å². The monoisotopic (exact) mass is 472 g/mol. The standard InChI is InChI=1S/C28H32N4O3/c1-5-35-22-12-10-21(11-13-22)16-17-29-28(33)15-14-23-19(2)30-27-18-25(31-32(27)20(23)3)24-8-6-7-9-26(24)34-4/h6-13,18H,5,14-17H2,1-4H3,(H,29,33). The molecule has 0 bridgehead atoms. The van der Waals surface area contributed by atoms with Gasteiger partial charge in [0.25, 0.3) is 0 Å². The van der Waals surface area contributed by atoms with Gasteiger partial charge in [0.1, 0.15) is 11.5 Å². The molecule has 2 aromatic carbocycles. The molecular formula is C28H32N4O3. The van der Waals surface area contributed by atoms with E-state index < -0.39 is 0 Å². The smallest absolute Gasteiger partial charge is 0.220 e. The molecule has 0 aliphatic heterocycles. The minimum Gasteiger partial charge on any atom is -0.496 e. The average Bonchev–Trinajstić information content (AvgIpc) is 3.29. The van der Waals surface area contributed by atoms with Gasteiger partial charge in [-0.15, -0.1) is 0 Å². The van der Waals surface area contributed by atoms with Crippen LogP contribution in [0.15, 0.2) is 54.6 Å². The van der Waals surface area contributed by atoms with Crippen molar-refractivity contribution in [2.45, 2.75) is 40.0 Å². The number of fused-ring (bicyclic) bond motifs is 1. The summed E-state index contributed by atoms with van der Waals surface area (Å²) in [5.41, 5.74) is 6.64. The van der Waals surface area contributed by atoms with E-state index in [0.29, 0.717) is 26.0 Å². The maximum atomic E-state index is 12.5. The Balaban J connectivity index is 1.39. The second-order valence-corrected chi connectivity index (χ2v) is 8.44. The molecule has 7 nitrogen and oxygen atoms in total. The summed E-state index contributed by atoms with van der Waals surface area (Å²) in [7, 11) is 1.66. The van der Waals surface area contributed by atoms with Gasteiger partial charge in [-0.2, -0.15) is 5.10 Å². The van der Waals surface area contributed by atoms with E-state index in [9.17, 15) is 4.79 Å². The lowest BCUT2D eigenvalue weighted by Crippen LogP contribution is -2.26. The van der Waals surface area contributed by atoms with Crippen molar-refractivity contribution in [1.82, 2.24) is 19.9 Å². The van der Waals surface area contributed by atoms with Crippen molar-refractivity contribution >= 4 is 11.6 Å². The Morgan fingerprint density at radius 1 is 1.06 bits per heavy atom. The molecule has 0 fully saturated rings. The zero-order valence-corrected chi connectivity index (χ0v) is 20.8. The lowest BCUT2D eigenvalue weighted by molar-refractivity contribution is -0.121. The van der Waals surface area contributed by atoms with Crippen LogP contribution in [0.25, 0.3) is 16.9 Å². The number of para-hydroxylation sites is 1. The number of hydrogen-bond donors (Lipinski definition) is 1. The Hall–Kier alpha value is -3.87. The third-order valence-electron chi connectivity index (χ3n) is 6.12. The Kier molecular flexibility index (Phi) is 7.65. The zero-order valence-electron chi connectivity index (χ0n) is 20.8. The largest absolute Gasteiger partial charge is 0.496 e. The predicted molar refractivity (Wildman–Crippen MR) is 137 cm³/mol. The Morgan fingerprint density at radius 3 is 2.57 bits per heavy atom. The van der Waals surface area contributed by atoms with Crippen LogP contribution in [0.5, 0.6) is 11.5 Å². The summed E-state index contributed by atoms with van der Waals surface area (Å²) in [6, 6.07) is 17.8. The van der Waals surface area contributed by atoms with Gasteiger partial charge in [-0.05, 0) is 69.0 Å². The quantitative estimate of drug-likeness (QED) is 0.362. The lowest BCUT2D eigenvalue weighted by Gasteiger charge is -2.11. The minimum absolute atomic E-state index is 0.0324. The first kappa shape index (κ1) is 24.3. The van der Waals surface area contributed by atoms with Crippen molar-refractivity contribution in [2.75, 3.05) is 20.3 Å². The van der Waals surface area contributed by atoms with Crippen molar-refractivity contribution in [3.05, 3.63) is 77.1 Å². The number of nitrogens with one attached hydrogen (secondary N) is 1. The molecule has 2 aromatic heterocycles. The van der Waals surface area contributed by atoms with E-state index in [1.54, 1.807) is 7.11 Å². The molecule has 182 valence electrons. The number of ether oxygens (including phenoxy) is 2. The van der Waals surface area contributed by atoms with Crippen LogP contribution in [-0.2, 0) is 17.6 Å². The molecule has 2 heterocycles. The number of carbonyl (C=O) groups excluding carboxylic acids is 1. The second kappa shape index (κ2) is 11.0. The van der Waals surface area contributed by atoms with Crippen LogP contribution in [-0.4, -0.2) is 40.8 Å². The summed E-state index contributed by atoms with van der Waals surface area (Å²) in [5, 5.41) is 7.81. The molecular weight excluding hydrogens is 440 g/mol. The van der Waals surface area contributed by atoms with Crippen molar-refractivity contribution < 1.29 is 14.3 Å². The van der Waals surface area contributed by atoms with Gasteiger partial charge < -0.3 is 14.8 Å². The molecule has 0 saturated carbocycles. The summed E-state index contributed by atoms with van der Waals surface area (Å²) in [5.74, 6) is 1.67. The third kappa shape index (κ3) is 5.62. The predicted octanol–water partition coefficient (Wildman–Crippen LogP) is 4.71. The highest BCUT2D eigenvalue weighted by Gasteiger charge is 2.16. The van der Waals surface area contributed by atoms with E-state index in [1.165, 1.54) is 5.56 Å². The second-order valence-electron chi connectivity index (χ2n) is 8.44. The molecule has 0 atom stereocenters. The van der Waals surface area contributed by atoms with Gasteiger partial charge in [0.05, 0.1) is 19.4 Å². The average molecular weight is 473 g/mol. The van der Waals surface area contributed by atoms with Crippen molar-refractivity contribution in [1.29, 1.82) is 0 Å². The molecule has 0 radical (unpaired) electrons. The number of nitrogens with zero attached hydrogens (tertiary/aromatic N) is 3. The van der Waals surface area contributed by atoms with Crippen LogP contribution < -0.4 is 14.8 Å². The SMILES string of the molecule is CCOc1ccc(CCNC(=O)CCc2c(C)nc3cc(-c4ccccc4OC)nn3c2C)cc1. The molecule has 0 spiro atoms. The third-order valence-corrected chi connectivity index (χ3v) is 6.12. The van der Waals surface area contributed by atoms with Gasteiger partial charge in [-0.1, -0.05) is 24.3 Å². The maximum absolute atomic E-state index is 12.5. The van der Waals surface area contributed by atoms with Crippen LogP contribution in [0, 0.1) is 13.8 Å². The first-order chi connectivity index (χ1) is 17.0. The summed E-state index contributed by atoms with van der Waals surface area (Å²) in [6.07, 6.45) is 1.79. The fourth-order valence-electron chi connectivity index (χ4n) is 4.27. The molecule has 0 unspecified atom stereocenters.